The minimum absolute atomic E-state index is 0.593. The number of nitrogens with one attached hydrogen (secondary N) is 3. The summed E-state index contributed by atoms with van der Waals surface area (Å²) in [6.45, 7) is 5.58. The van der Waals surface area contributed by atoms with Gasteiger partial charge in [-0.05, 0) is 24.3 Å². The van der Waals surface area contributed by atoms with Crippen LogP contribution in [0.15, 0.2) is 30.5 Å². The Morgan fingerprint density at radius 2 is 1.96 bits per heavy atom. The number of aromatic nitrogens is 4. The fourth-order valence-electron chi connectivity index (χ4n) is 3.13. The molecule has 0 radical (unpaired) electrons. The molecule has 0 amide bonds. The number of ether oxygens (including phenoxy) is 1. The molecular weight excluding hydrogens is 366 g/mol. The van der Waals surface area contributed by atoms with Crippen molar-refractivity contribution in [2.75, 3.05) is 50.0 Å². The Balaban J connectivity index is 1.52. The Morgan fingerprint density at radius 3 is 2.74 bits per heavy atom. The van der Waals surface area contributed by atoms with E-state index < -0.39 is 0 Å². The van der Waals surface area contributed by atoms with E-state index in [2.05, 4.69) is 25.7 Å². The fraction of sp³-hybridized carbons (Fsp3) is 0.389. The molecule has 1 saturated heterocycles. The van der Waals surface area contributed by atoms with E-state index in [-0.39, 0.29) is 0 Å². The van der Waals surface area contributed by atoms with Gasteiger partial charge < -0.3 is 20.3 Å². The predicted molar refractivity (Wildman–Crippen MR) is 106 cm³/mol. The van der Waals surface area contributed by atoms with E-state index in [1.54, 1.807) is 10.9 Å². The third-order valence-corrected chi connectivity index (χ3v) is 4.91. The molecule has 0 spiro atoms. The van der Waals surface area contributed by atoms with Gasteiger partial charge in [0.1, 0.15) is 18.9 Å². The first-order valence-corrected chi connectivity index (χ1v) is 9.44. The van der Waals surface area contributed by atoms with Crippen LogP contribution in [0, 0.1) is 0 Å². The number of quaternary nitrogens is 1. The van der Waals surface area contributed by atoms with Crippen LogP contribution in [0.4, 0.5) is 17.5 Å². The zero-order chi connectivity index (χ0) is 18.6. The van der Waals surface area contributed by atoms with E-state index in [1.807, 2.05) is 31.3 Å². The molecule has 0 aliphatic carbocycles. The largest absolute Gasteiger partial charge is 0.370 e. The van der Waals surface area contributed by atoms with E-state index in [9.17, 15) is 0 Å². The molecule has 0 saturated carbocycles. The van der Waals surface area contributed by atoms with Crippen LogP contribution in [-0.4, -0.2) is 59.1 Å². The first-order chi connectivity index (χ1) is 13.2. The van der Waals surface area contributed by atoms with Crippen LogP contribution in [0.2, 0.25) is 5.02 Å². The summed E-state index contributed by atoms with van der Waals surface area (Å²) in [5.74, 6) is 1.31. The second kappa shape index (κ2) is 8.08. The number of anilines is 3. The standard InChI is InChI=1S/C18H22ClN7O/c1-25-17-15(12-21-25)16(22-14-4-2-13(19)3-5-14)23-18(24-17)20-6-7-26-8-10-27-11-9-26/h2-5,12H,6-11H2,1H3,(H2,20,22,23,24)/p+1. The smallest absolute Gasteiger partial charge is 0.226 e. The van der Waals surface area contributed by atoms with Gasteiger partial charge in [0.2, 0.25) is 5.95 Å². The van der Waals surface area contributed by atoms with Crippen LogP contribution in [0.3, 0.4) is 0 Å². The summed E-state index contributed by atoms with van der Waals surface area (Å²) in [5.41, 5.74) is 1.69. The fourth-order valence-corrected chi connectivity index (χ4v) is 3.25. The third kappa shape index (κ3) is 4.29. The van der Waals surface area contributed by atoms with Crippen molar-refractivity contribution >= 4 is 40.1 Å². The minimum atomic E-state index is 0.593. The Hall–Kier alpha value is -2.42. The number of aryl methyl sites for hydroxylation is 1. The number of nitrogens with zero attached hydrogens (tertiary/aromatic N) is 4. The quantitative estimate of drug-likeness (QED) is 0.586. The summed E-state index contributed by atoms with van der Waals surface area (Å²) < 4.78 is 7.16. The summed E-state index contributed by atoms with van der Waals surface area (Å²) in [5, 5.41) is 12.6. The van der Waals surface area contributed by atoms with Crippen molar-refractivity contribution in [2.45, 2.75) is 0 Å². The van der Waals surface area contributed by atoms with Gasteiger partial charge in [-0.1, -0.05) is 11.6 Å². The van der Waals surface area contributed by atoms with Crippen LogP contribution < -0.4 is 15.5 Å². The molecule has 2 aromatic heterocycles. The van der Waals surface area contributed by atoms with Crippen molar-refractivity contribution in [2.24, 2.45) is 7.05 Å². The molecule has 0 unspecified atom stereocenters. The monoisotopic (exact) mass is 388 g/mol. The SMILES string of the molecule is Cn1ncc2c(Nc3ccc(Cl)cc3)nc(NCC[NH+]3CCOCC3)nc21. The molecule has 4 rings (SSSR count). The number of fused-ring (bicyclic) bond motifs is 1. The molecule has 3 aromatic rings. The van der Waals surface area contributed by atoms with E-state index in [0.29, 0.717) is 11.0 Å². The molecule has 9 heteroatoms. The lowest BCUT2D eigenvalue weighted by molar-refractivity contribution is -0.906. The number of hydrogen-bond acceptors (Lipinski definition) is 6. The topological polar surface area (TPSA) is 81.3 Å². The second-order valence-corrected chi connectivity index (χ2v) is 7.01. The van der Waals surface area contributed by atoms with Crippen LogP contribution >= 0.6 is 11.6 Å². The molecule has 27 heavy (non-hydrogen) atoms. The van der Waals surface area contributed by atoms with Gasteiger partial charge in [0, 0.05) is 17.8 Å². The van der Waals surface area contributed by atoms with Crippen LogP contribution in [0.5, 0.6) is 0 Å². The predicted octanol–water partition coefficient (Wildman–Crippen LogP) is 1.09. The van der Waals surface area contributed by atoms with Crippen molar-refractivity contribution in [1.29, 1.82) is 0 Å². The van der Waals surface area contributed by atoms with Gasteiger partial charge in [-0.2, -0.15) is 15.1 Å². The van der Waals surface area contributed by atoms with E-state index >= 15 is 0 Å². The zero-order valence-corrected chi connectivity index (χ0v) is 16.0. The molecule has 0 atom stereocenters. The first-order valence-electron chi connectivity index (χ1n) is 9.06. The van der Waals surface area contributed by atoms with Gasteiger partial charge in [-0.25, -0.2) is 0 Å². The molecule has 0 bridgehead atoms. The maximum atomic E-state index is 5.97. The van der Waals surface area contributed by atoms with Crippen LogP contribution in [-0.2, 0) is 11.8 Å². The maximum Gasteiger partial charge on any atom is 0.226 e. The summed E-state index contributed by atoms with van der Waals surface area (Å²) >= 11 is 5.97. The van der Waals surface area contributed by atoms with Gasteiger partial charge in [-0.15, -0.1) is 0 Å². The van der Waals surface area contributed by atoms with Gasteiger partial charge in [0.25, 0.3) is 0 Å². The van der Waals surface area contributed by atoms with Gasteiger partial charge >= 0.3 is 0 Å². The van der Waals surface area contributed by atoms with Crippen molar-refractivity contribution < 1.29 is 9.64 Å². The van der Waals surface area contributed by atoms with Gasteiger partial charge in [0.05, 0.1) is 37.9 Å². The molecule has 8 nitrogen and oxygen atoms in total. The lowest BCUT2D eigenvalue weighted by Crippen LogP contribution is -3.14. The number of rotatable bonds is 6. The zero-order valence-electron chi connectivity index (χ0n) is 15.2. The summed E-state index contributed by atoms with van der Waals surface area (Å²) in [7, 11) is 1.88. The molecule has 3 heterocycles. The Bertz CT molecular complexity index is 906. The van der Waals surface area contributed by atoms with Crippen LogP contribution in [0.1, 0.15) is 0 Å². The molecular formula is C18H23ClN7O+. The number of halogens is 1. The molecule has 1 fully saturated rings. The van der Waals surface area contributed by atoms with E-state index in [1.165, 1.54) is 4.90 Å². The molecule has 1 aliphatic rings. The first kappa shape index (κ1) is 18.0. The lowest BCUT2D eigenvalue weighted by atomic mass is 10.3. The highest BCUT2D eigenvalue weighted by Crippen LogP contribution is 2.25. The average Bonchev–Trinajstić information content (AvgIpc) is 3.06. The van der Waals surface area contributed by atoms with E-state index in [4.69, 9.17) is 16.3 Å². The van der Waals surface area contributed by atoms with Gasteiger partial charge in [-0.3, -0.25) is 4.68 Å². The average molecular weight is 389 g/mol. The summed E-state index contributed by atoms with van der Waals surface area (Å²) in [6, 6.07) is 7.52. The highest BCUT2D eigenvalue weighted by Gasteiger charge is 2.15. The Kier molecular flexibility index (Phi) is 5.38. The molecule has 1 aromatic carbocycles. The van der Waals surface area contributed by atoms with E-state index in [0.717, 1.165) is 61.9 Å². The second-order valence-electron chi connectivity index (χ2n) is 6.57. The highest BCUT2D eigenvalue weighted by atomic mass is 35.5. The highest BCUT2D eigenvalue weighted by molar-refractivity contribution is 6.30. The number of hydrogen-bond donors (Lipinski definition) is 3. The number of benzene rings is 1. The summed E-state index contributed by atoms with van der Waals surface area (Å²) in [6.07, 6.45) is 1.77. The van der Waals surface area contributed by atoms with Crippen molar-refractivity contribution in [1.82, 2.24) is 19.7 Å². The summed E-state index contributed by atoms with van der Waals surface area (Å²) in [4.78, 5) is 10.8. The minimum Gasteiger partial charge on any atom is -0.370 e. The van der Waals surface area contributed by atoms with Crippen molar-refractivity contribution in [3.05, 3.63) is 35.5 Å². The van der Waals surface area contributed by atoms with Crippen molar-refractivity contribution in [3.63, 3.8) is 0 Å². The van der Waals surface area contributed by atoms with Crippen LogP contribution in [0.25, 0.3) is 11.0 Å². The lowest BCUT2D eigenvalue weighted by Gasteiger charge is -2.23. The molecule has 1 aliphatic heterocycles. The normalized spacial score (nSPS) is 15.2. The maximum absolute atomic E-state index is 5.97. The number of morpholine rings is 1. The van der Waals surface area contributed by atoms with Gasteiger partial charge in [0.15, 0.2) is 5.65 Å². The third-order valence-electron chi connectivity index (χ3n) is 4.66. The molecule has 142 valence electrons. The molecule has 3 N–H and O–H groups in total. The Morgan fingerprint density at radius 1 is 1.19 bits per heavy atom. The van der Waals surface area contributed by atoms with Crippen molar-refractivity contribution in [3.8, 4) is 0 Å². The Labute approximate surface area is 162 Å².